The van der Waals surface area contributed by atoms with Gasteiger partial charge in [0.05, 0.1) is 12.5 Å². The van der Waals surface area contributed by atoms with Crippen LogP contribution in [0.4, 0.5) is 0 Å². The highest BCUT2D eigenvalue weighted by atomic mass is 16.3. The Hall–Kier alpha value is -1.39. The first-order valence-corrected chi connectivity index (χ1v) is 7.40. The van der Waals surface area contributed by atoms with Gasteiger partial charge in [0.1, 0.15) is 0 Å². The minimum atomic E-state index is -0.191. The molecule has 2 atom stereocenters. The molecule has 1 fully saturated rings. The minimum absolute atomic E-state index is 0.0333. The standard InChI is InChI=1S/C16H24N2O2/c17-10-14-6-2-1-5-13(14)9-16(20)18-11-12-4-3-7-15(19)8-12/h1-2,5-6,12,15,19H,3-4,7-11,17H2,(H,18,20). The lowest BCUT2D eigenvalue weighted by Crippen LogP contribution is -2.34. The zero-order valence-corrected chi connectivity index (χ0v) is 11.8. The van der Waals surface area contributed by atoms with Crippen LogP contribution in [0, 0.1) is 5.92 Å². The molecule has 4 N–H and O–H groups in total. The molecule has 0 spiro atoms. The van der Waals surface area contributed by atoms with Gasteiger partial charge in [0, 0.05) is 13.1 Å². The van der Waals surface area contributed by atoms with E-state index in [0.717, 1.165) is 36.8 Å². The SMILES string of the molecule is NCc1ccccc1CC(=O)NCC1CCCC(O)C1. The Balaban J connectivity index is 1.80. The summed E-state index contributed by atoms with van der Waals surface area (Å²) in [6.07, 6.45) is 4.04. The summed E-state index contributed by atoms with van der Waals surface area (Å²) in [5, 5.41) is 12.6. The van der Waals surface area contributed by atoms with Gasteiger partial charge in [-0.05, 0) is 36.3 Å². The molecule has 110 valence electrons. The number of nitrogens with two attached hydrogens (primary N) is 1. The summed E-state index contributed by atoms with van der Waals surface area (Å²) < 4.78 is 0. The topological polar surface area (TPSA) is 75.4 Å². The molecular weight excluding hydrogens is 252 g/mol. The van der Waals surface area contributed by atoms with E-state index in [2.05, 4.69) is 5.32 Å². The fraction of sp³-hybridized carbons (Fsp3) is 0.562. The molecule has 1 aliphatic carbocycles. The third-order valence-electron chi connectivity index (χ3n) is 4.03. The van der Waals surface area contributed by atoms with Crippen molar-refractivity contribution >= 4 is 5.91 Å². The van der Waals surface area contributed by atoms with Gasteiger partial charge >= 0.3 is 0 Å². The quantitative estimate of drug-likeness (QED) is 0.760. The van der Waals surface area contributed by atoms with Crippen molar-refractivity contribution in [3.8, 4) is 0 Å². The number of amides is 1. The molecule has 1 aromatic rings. The van der Waals surface area contributed by atoms with Crippen LogP contribution >= 0.6 is 0 Å². The molecule has 1 aliphatic rings. The predicted octanol–water partition coefficient (Wildman–Crippen LogP) is 1.36. The summed E-state index contributed by atoms with van der Waals surface area (Å²) in [5.41, 5.74) is 7.69. The van der Waals surface area contributed by atoms with Crippen molar-refractivity contribution in [1.29, 1.82) is 0 Å². The van der Waals surface area contributed by atoms with Crippen LogP contribution in [0.5, 0.6) is 0 Å². The fourth-order valence-electron chi connectivity index (χ4n) is 2.87. The van der Waals surface area contributed by atoms with Gasteiger partial charge in [-0.2, -0.15) is 0 Å². The summed E-state index contributed by atoms with van der Waals surface area (Å²) >= 11 is 0. The number of benzene rings is 1. The van der Waals surface area contributed by atoms with Crippen LogP contribution in [-0.4, -0.2) is 23.7 Å². The van der Waals surface area contributed by atoms with Crippen LogP contribution in [0.15, 0.2) is 24.3 Å². The van der Waals surface area contributed by atoms with E-state index in [1.165, 1.54) is 0 Å². The lowest BCUT2D eigenvalue weighted by Gasteiger charge is -2.25. The Morgan fingerprint density at radius 3 is 2.75 bits per heavy atom. The lowest BCUT2D eigenvalue weighted by atomic mass is 9.87. The van der Waals surface area contributed by atoms with Crippen LogP contribution < -0.4 is 11.1 Å². The van der Waals surface area contributed by atoms with Gasteiger partial charge in [-0.25, -0.2) is 0 Å². The van der Waals surface area contributed by atoms with Gasteiger partial charge in [0.25, 0.3) is 0 Å². The van der Waals surface area contributed by atoms with E-state index in [4.69, 9.17) is 5.73 Å². The Bertz CT molecular complexity index is 448. The second-order valence-corrected chi connectivity index (χ2v) is 5.64. The highest BCUT2D eigenvalue weighted by molar-refractivity contribution is 5.78. The molecule has 20 heavy (non-hydrogen) atoms. The number of nitrogens with one attached hydrogen (secondary N) is 1. The van der Waals surface area contributed by atoms with Crippen molar-refractivity contribution in [1.82, 2.24) is 5.32 Å². The molecule has 0 bridgehead atoms. The van der Waals surface area contributed by atoms with E-state index in [-0.39, 0.29) is 12.0 Å². The van der Waals surface area contributed by atoms with Gasteiger partial charge < -0.3 is 16.2 Å². The number of carbonyl (C=O) groups excluding carboxylic acids is 1. The third kappa shape index (κ3) is 4.32. The molecule has 2 unspecified atom stereocenters. The normalized spacial score (nSPS) is 22.5. The second-order valence-electron chi connectivity index (χ2n) is 5.64. The molecule has 1 saturated carbocycles. The average Bonchev–Trinajstić information content (AvgIpc) is 2.46. The van der Waals surface area contributed by atoms with E-state index in [9.17, 15) is 9.90 Å². The van der Waals surface area contributed by atoms with Crippen LogP contribution in [-0.2, 0) is 17.8 Å². The van der Waals surface area contributed by atoms with Crippen molar-refractivity contribution in [3.63, 3.8) is 0 Å². The second kappa shape index (κ2) is 7.41. The summed E-state index contributed by atoms with van der Waals surface area (Å²) in [7, 11) is 0. The highest BCUT2D eigenvalue weighted by Crippen LogP contribution is 2.23. The fourth-order valence-corrected chi connectivity index (χ4v) is 2.87. The predicted molar refractivity (Wildman–Crippen MR) is 79.0 cm³/mol. The molecule has 0 radical (unpaired) electrons. The van der Waals surface area contributed by atoms with E-state index in [1.807, 2.05) is 24.3 Å². The molecule has 0 heterocycles. The van der Waals surface area contributed by atoms with E-state index in [1.54, 1.807) is 0 Å². The number of aliphatic hydroxyl groups excluding tert-OH is 1. The summed E-state index contributed by atoms with van der Waals surface area (Å²) in [6, 6.07) is 7.78. The summed E-state index contributed by atoms with van der Waals surface area (Å²) in [4.78, 5) is 12.0. The lowest BCUT2D eigenvalue weighted by molar-refractivity contribution is -0.120. The van der Waals surface area contributed by atoms with Crippen LogP contribution in [0.25, 0.3) is 0 Å². The molecule has 0 saturated heterocycles. The summed E-state index contributed by atoms with van der Waals surface area (Å²) in [5.74, 6) is 0.443. The Kier molecular flexibility index (Phi) is 5.56. The van der Waals surface area contributed by atoms with Crippen molar-refractivity contribution in [3.05, 3.63) is 35.4 Å². The number of hydrogen-bond acceptors (Lipinski definition) is 3. The largest absolute Gasteiger partial charge is 0.393 e. The van der Waals surface area contributed by atoms with E-state index >= 15 is 0 Å². The van der Waals surface area contributed by atoms with Crippen molar-refractivity contribution in [2.24, 2.45) is 11.7 Å². The maximum absolute atomic E-state index is 12.0. The summed E-state index contributed by atoms with van der Waals surface area (Å²) in [6.45, 7) is 1.12. The van der Waals surface area contributed by atoms with Crippen molar-refractivity contribution in [2.75, 3.05) is 6.54 Å². The first-order chi connectivity index (χ1) is 9.69. The van der Waals surface area contributed by atoms with Gasteiger partial charge in [0.15, 0.2) is 0 Å². The monoisotopic (exact) mass is 276 g/mol. The zero-order valence-electron chi connectivity index (χ0n) is 11.8. The maximum Gasteiger partial charge on any atom is 0.224 e. The molecule has 4 nitrogen and oxygen atoms in total. The van der Waals surface area contributed by atoms with Gasteiger partial charge in [0.2, 0.25) is 5.91 Å². The molecular formula is C16H24N2O2. The van der Waals surface area contributed by atoms with Crippen LogP contribution in [0.3, 0.4) is 0 Å². The Morgan fingerprint density at radius 2 is 2.05 bits per heavy atom. The highest BCUT2D eigenvalue weighted by Gasteiger charge is 2.20. The molecule has 1 amide bonds. The number of carbonyl (C=O) groups is 1. The first-order valence-electron chi connectivity index (χ1n) is 7.40. The van der Waals surface area contributed by atoms with Gasteiger partial charge in [-0.3, -0.25) is 4.79 Å². The maximum atomic E-state index is 12.0. The van der Waals surface area contributed by atoms with Crippen LogP contribution in [0.2, 0.25) is 0 Å². The van der Waals surface area contributed by atoms with Crippen molar-refractivity contribution < 1.29 is 9.90 Å². The van der Waals surface area contributed by atoms with Crippen molar-refractivity contribution in [2.45, 2.75) is 44.8 Å². The van der Waals surface area contributed by atoms with E-state index in [0.29, 0.717) is 25.4 Å². The molecule has 2 rings (SSSR count). The molecule has 0 aliphatic heterocycles. The zero-order chi connectivity index (χ0) is 14.4. The minimum Gasteiger partial charge on any atom is -0.393 e. The number of hydrogen-bond donors (Lipinski definition) is 3. The van der Waals surface area contributed by atoms with Gasteiger partial charge in [-0.1, -0.05) is 30.7 Å². The third-order valence-corrected chi connectivity index (χ3v) is 4.03. The average molecular weight is 276 g/mol. The first kappa shape index (κ1) is 15.0. The van der Waals surface area contributed by atoms with E-state index < -0.39 is 0 Å². The van der Waals surface area contributed by atoms with Gasteiger partial charge in [-0.15, -0.1) is 0 Å². The molecule has 0 aromatic heterocycles. The number of rotatable bonds is 5. The Labute approximate surface area is 120 Å². The number of aliphatic hydroxyl groups is 1. The van der Waals surface area contributed by atoms with Crippen LogP contribution in [0.1, 0.15) is 36.8 Å². The smallest absolute Gasteiger partial charge is 0.224 e. The molecule has 4 heteroatoms. The molecule has 1 aromatic carbocycles. The Morgan fingerprint density at radius 1 is 1.30 bits per heavy atom.